The second-order valence-corrected chi connectivity index (χ2v) is 3.49. The van der Waals surface area contributed by atoms with Crippen LogP contribution in [0.5, 0.6) is 0 Å². The Kier molecular flexibility index (Phi) is 3.58. The summed E-state index contributed by atoms with van der Waals surface area (Å²) < 4.78 is 0. The molecule has 0 radical (unpaired) electrons. The molecule has 0 heterocycles. The van der Waals surface area contributed by atoms with Crippen LogP contribution in [0.4, 0.5) is 0 Å². The fraction of sp³-hybridized carbons (Fsp3) is 0.222. The normalized spacial score (nSPS) is 12.2. The van der Waals surface area contributed by atoms with Gasteiger partial charge in [-0.15, -0.1) is 0 Å². The number of rotatable bonds is 3. The van der Waals surface area contributed by atoms with E-state index in [1.807, 2.05) is 13.0 Å². The molecule has 0 aromatic heterocycles. The van der Waals surface area contributed by atoms with Crippen molar-refractivity contribution in [2.24, 2.45) is 0 Å². The standard InChI is InChI=1S/C9H9Cl2NO/c1-6(12-5-13)7-2-3-8(10)9(11)4-7/h2-6H,1H3,(H,12,13)/t6-/m0/s1. The Hall–Kier alpha value is -0.730. The molecule has 70 valence electrons. The van der Waals surface area contributed by atoms with Crippen molar-refractivity contribution in [1.82, 2.24) is 5.32 Å². The monoisotopic (exact) mass is 217 g/mol. The molecule has 1 aromatic rings. The second-order valence-electron chi connectivity index (χ2n) is 2.68. The van der Waals surface area contributed by atoms with Crippen molar-refractivity contribution in [3.05, 3.63) is 33.8 Å². The highest BCUT2D eigenvalue weighted by molar-refractivity contribution is 6.42. The molecule has 0 unspecified atom stereocenters. The lowest BCUT2D eigenvalue weighted by atomic mass is 10.1. The van der Waals surface area contributed by atoms with E-state index in [2.05, 4.69) is 5.32 Å². The molecule has 13 heavy (non-hydrogen) atoms. The van der Waals surface area contributed by atoms with Gasteiger partial charge in [0.1, 0.15) is 0 Å². The van der Waals surface area contributed by atoms with Crippen LogP contribution >= 0.6 is 23.2 Å². The Labute approximate surface area is 86.8 Å². The van der Waals surface area contributed by atoms with Crippen LogP contribution in [0.2, 0.25) is 10.0 Å². The van der Waals surface area contributed by atoms with Crippen molar-refractivity contribution in [2.45, 2.75) is 13.0 Å². The molecule has 4 heteroatoms. The summed E-state index contributed by atoms with van der Waals surface area (Å²) in [6.07, 6.45) is 0.660. The number of carbonyl (C=O) groups excluding carboxylic acids is 1. The van der Waals surface area contributed by atoms with Crippen LogP contribution in [-0.2, 0) is 4.79 Å². The zero-order chi connectivity index (χ0) is 9.84. The van der Waals surface area contributed by atoms with Crippen LogP contribution in [-0.4, -0.2) is 6.41 Å². The molecule has 1 atom stereocenters. The smallest absolute Gasteiger partial charge is 0.207 e. The lowest BCUT2D eigenvalue weighted by Crippen LogP contribution is -2.15. The molecular weight excluding hydrogens is 209 g/mol. The van der Waals surface area contributed by atoms with Gasteiger partial charge in [0.25, 0.3) is 0 Å². The van der Waals surface area contributed by atoms with Gasteiger partial charge in [-0.2, -0.15) is 0 Å². The Bertz CT molecular complexity index is 314. The number of carbonyl (C=O) groups is 1. The van der Waals surface area contributed by atoms with Crippen molar-refractivity contribution in [1.29, 1.82) is 0 Å². The molecule has 0 aliphatic heterocycles. The zero-order valence-corrected chi connectivity index (χ0v) is 8.56. The molecule has 1 amide bonds. The van der Waals surface area contributed by atoms with E-state index in [-0.39, 0.29) is 6.04 Å². The van der Waals surface area contributed by atoms with Crippen molar-refractivity contribution >= 4 is 29.6 Å². The number of halogens is 2. The topological polar surface area (TPSA) is 29.1 Å². The van der Waals surface area contributed by atoms with Gasteiger partial charge in [-0.1, -0.05) is 29.3 Å². The van der Waals surface area contributed by atoms with Crippen LogP contribution < -0.4 is 5.32 Å². The van der Waals surface area contributed by atoms with Gasteiger partial charge in [0.15, 0.2) is 0 Å². The lowest BCUT2D eigenvalue weighted by Gasteiger charge is -2.10. The first-order chi connectivity index (χ1) is 6.15. The quantitative estimate of drug-likeness (QED) is 0.776. The maximum atomic E-state index is 10.2. The summed E-state index contributed by atoms with van der Waals surface area (Å²) in [5.74, 6) is 0. The van der Waals surface area contributed by atoms with Crippen molar-refractivity contribution in [2.75, 3.05) is 0 Å². The van der Waals surface area contributed by atoms with E-state index in [0.29, 0.717) is 16.5 Å². The third-order valence-corrected chi connectivity index (χ3v) is 2.50. The van der Waals surface area contributed by atoms with E-state index in [0.717, 1.165) is 5.56 Å². The first-order valence-corrected chi connectivity index (χ1v) is 4.55. The molecule has 0 saturated heterocycles. The number of amides is 1. The van der Waals surface area contributed by atoms with Gasteiger partial charge in [-0.25, -0.2) is 0 Å². The summed E-state index contributed by atoms with van der Waals surface area (Å²) in [5.41, 5.74) is 0.932. The van der Waals surface area contributed by atoms with Crippen molar-refractivity contribution in [3.63, 3.8) is 0 Å². The van der Waals surface area contributed by atoms with Crippen LogP contribution in [0.1, 0.15) is 18.5 Å². The molecular formula is C9H9Cl2NO. The maximum Gasteiger partial charge on any atom is 0.207 e. The largest absolute Gasteiger partial charge is 0.352 e. The number of hydrogen-bond donors (Lipinski definition) is 1. The SMILES string of the molecule is C[C@H](NC=O)c1ccc(Cl)c(Cl)c1. The third kappa shape index (κ3) is 2.61. The summed E-state index contributed by atoms with van der Waals surface area (Å²) in [5, 5.41) is 3.64. The van der Waals surface area contributed by atoms with Crippen LogP contribution in [0, 0.1) is 0 Å². The van der Waals surface area contributed by atoms with Crippen LogP contribution in [0.3, 0.4) is 0 Å². The summed E-state index contributed by atoms with van der Waals surface area (Å²) >= 11 is 11.6. The molecule has 2 nitrogen and oxygen atoms in total. The molecule has 1 N–H and O–H groups in total. The van der Waals surface area contributed by atoms with Crippen LogP contribution in [0.25, 0.3) is 0 Å². The molecule has 0 aliphatic carbocycles. The Morgan fingerprint density at radius 2 is 2.08 bits per heavy atom. The van der Waals surface area contributed by atoms with E-state index in [9.17, 15) is 4.79 Å². The Morgan fingerprint density at radius 3 is 2.62 bits per heavy atom. The van der Waals surface area contributed by atoms with E-state index in [1.54, 1.807) is 12.1 Å². The van der Waals surface area contributed by atoms with Crippen LogP contribution in [0.15, 0.2) is 18.2 Å². The minimum atomic E-state index is -0.0488. The highest BCUT2D eigenvalue weighted by Crippen LogP contribution is 2.25. The summed E-state index contributed by atoms with van der Waals surface area (Å²) in [4.78, 5) is 10.2. The molecule has 1 aromatic carbocycles. The molecule has 0 bridgehead atoms. The Balaban J connectivity index is 2.89. The van der Waals surface area contributed by atoms with E-state index < -0.39 is 0 Å². The van der Waals surface area contributed by atoms with Gasteiger partial charge < -0.3 is 5.32 Å². The van der Waals surface area contributed by atoms with E-state index >= 15 is 0 Å². The number of hydrogen-bond acceptors (Lipinski definition) is 1. The fourth-order valence-electron chi connectivity index (χ4n) is 0.980. The van der Waals surface area contributed by atoms with Gasteiger partial charge in [0.05, 0.1) is 16.1 Å². The maximum absolute atomic E-state index is 10.2. The van der Waals surface area contributed by atoms with E-state index in [4.69, 9.17) is 23.2 Å². The molecule has 0 fully saturated rings. The van der Waals surface area contributed by atoms with Gasteiger partial charge in [0, 0.05) is 0 Å². The molecule has 0 spiro atoms. The third-order valence-electron chi connectivity index (χ3n) is 1.76. The molecule has 0 saturated carbocycles. The summed E-state index contributed by atoms with van der Waals surface area (Å²) in [7, 11) is 0. The lowest BCUT2D eigenvalue weighted by molar-refractivity contribution is -0.110. The zero-order valence-electron chi connectivity index (χ0n) is 7.05. The summed E-state index contributed by atoms with van der Waals surface area (Å²) in [6.45, 7) is 1.87. The first kappa shape index (κ1) is 10.4. The van der Waals surface area contributed by atoms with E-state index in [1.165, 1.54) is 0 Å². The number of benzene rings is 1. The van der Waals surface area contributed by atoms with Crippen molar-refractivity contribution < 1.29 is 4.79 Å². The van der Waals surface area contributed by atoms with Gasteiger partial charge in [0.2, 0.25) is 6.41 Å². The Morgan fingerprint density at radius 1 is 1.38 bits per heavy atom. The van der Waals surface area contributed by atoms with Gasteiger partial charge in [-0.05, 0) is 24.6 Å². The van der Waals surface area contributed by atoms with Gasteiger partial charge >= 0.3 is 0 Å². The fourth-order valence-corrected chi connectivity index (χ4v) is 1.29. The number of nitrogens with one attached hydrogen (secondary N) is 1. The molecule has 0 aliphatic rings. The minimum Gasteiger partial charge on any atom is -0.352 e. The molecule has 1 rings (SSSR count). The first-order valence-electron chi connectivity index (χ1n) is 3.80. The highest BCUT2D eigenvalue weighted by Gasteiger charge is 2.05. The predicted molar refractivity (Wildman–Crippen MR) is 54.1 cm³/mol. The van der Waals surface area contributed by atoms with Gasteiger partial charge in [-0.3, -0.25) is 4.79 Å². The highest BCUT2D eigenvalue weighted by atomic mass is 35.5. The van der Waals surface area contributed by atoms with Crippen molar-refractivity contribution in [3.8, 4) is 0 Å². The second kappa shape index (κ2) is 4.49. The minimum absolute atomic E-state index is 0.0488. The summed E-state index contributed by atoms with van der Waals surface area (Å²) in [6, 6.07) is 5.23. The predicted octanol–water partition coefficient (Wildman–Crippen LogP) is 2.80. The average Bonchev–Trinajstić information content (AvgIpc) is 2.10. The average molecular weight is 218 g/mol.